The zero-order valence-electron chi connectivity index (χ0n) is 17.2. The molecule has 1 saturated heterocycles. The Labute approximate surface area is 164 Å². The second-order valence-corrected chi connectivity index (χ2v) is 9.29. The number of nitrogens with zero attached hydrogens (tertiary/aromatic N) is 4. The number of hydrogen-bond acceptors (Lipinski definition) is 5. The number of aryl methyl sites for hydroxylation is 2. The molecule has 0 radical (unpaired) electrons. The van der Waals surface area contributed by atoms with Crippen molar-refractivity contribution < 1.29 is 4.79 Å². The second kappa shape index (κ2) is 7.72. The summed E-state index contributed by atoms with van der Waals surface area (Å²) in [7, 11) is 3.56. The van der Waals surface area contributed by atoms with Gasteiger partial charge in [0.2, 0.25) is 5.91 Å². The van der Waals surface area contributed by atoms with Gasteiger partial charge in [0.25, 0.3) is 5.56 Å². The van der Waals surface area contributed by atoms with Gasteiger partial charge in [-0.3, -0.25) is 19.1 Å². The maximum Gasteiger partial charge on any atom is 0.262 e. The number of fused-ring (bicyclic) bond motifs is 1. The predicted molar refractivity (Wildman–Crippen MR) is 111 cm³/mol. The molecule has 0 aromatic carbocycles. The number of likely N-dealkylation sites (N-methyl/N-ethyl adjacent to an activating group) is 1. The van der Waals surface area contributed by atoms with Crippen molar-refractivity contribution in [1.29, 1.82) is 0 Å². The summed E-state index contributed by atoms with van der Waals surface area (Å²) in [6.45, 7) is 10.3. The van der Waals surface area contributed by atoms with Gasteiger partial charge in [-0.15, -0.1) is 11.3 Å². The molecule has 3 heterocycles. The van der Waals surface area contributed by atoms with E-state index in [1.807, 2.05) is 11.5 Å². The third kappa shape index (κ3) is 3.80. The van der Waals surface area contributed by atoms with Crippen LogP contribution in [0, 0.1) is 13.8 Å². The standard InChI is InChI=1S/C20H30N4O2S/c1-12(2)18-21-19-17(13(3)14(4)27-19)20(26)24(18)15-8-7-9-23(10-15)11-16(25)22(5)6/h12,15H,7-11H2,1-6H3. The summed E-state index contributed by atoms with van der Waals surface area (Å²) in [5, 5.41) is 0.767. The Hall–Kier alpha value is -1.73. The summed E-state index contributed by atoms with van der Waals surface area (Å²) >= 11 is 1.61. The van der Waals surface area contributed by atoms with Gasteiger partial charge in [-0.25, -0.2) is 4.98 Å². The number of hydrogen-bond donors (Lipinski definition) is 0. The van der Waals surface area contributed by atoms with Crippen molar-refractivity contribution in [3.63, 3.8) is 0 Å². The molecular weight excluding hydrogens is 360 g/mol. The molecule has 2 aromatic rings. The molecular formula is C20H30N4O2S. The van der Waals surface area contributed by atoms with Crippen LogP contribution in [-0.4, -0.2) is 59.0 Å². The van der Waals surface area contributed by atoms with Crippen LogP contribution >= 0.6 is 11.3 Å². The number of amides is 1. The Morgan fingerprint density at radius 2 is 2.04 bits per heavy atom. The fourth-order valence-corrected chi connectivity index (χ4v) is 4.83. The summed E-state index contributed by atoms with van der Waals surface area (Å²) in [6.07, 6.45) is 1.93. The van der Waals surface area contributed by atoms with Gasteiger partial charge in [-0.05, 0) is 38.8 Å². The summed E-state index contributed by atoms with van der Waals surface area (Å²) < 4.78 is 1.93. The van der Waals surface area contributed by atoms with Crippen LogP contribution in [0.3, 0.4) is 0 Å². The third-order valence-corrected chi connectivity index (χ3v) is 6.58. The molecule has 6 nitrogen and oxygen atoms in total. The first kappa shape index (κ1) is 20.0. The number of carbonyl (C=O) groups excluding carboxylic acids is 1. The first-order chi connectivity index (χ1) is 12.7. The monoisotopic (exact) mass is 390 g/mol. The molecule has 1 fully saturated rings. The molecule has 1 unspecified atom stereocenters. The van der Waals surface area contributed by atoms with Crippen LogP contribution in [0.4, 0.5) is 0 Å². The van der Waals surface area contributed by atoms with Crippen LogP contribution in [0.15, 0.2) is 4.79 Å². The van der Waals surface area contributed by atoms with E-state index < -0.39 is 0 Å². The van der Waals surface area contributed by atoms with Gasteiger partial charge in [0, 0.05) is 31.4 Å². The topological polar surface area (TPSA) is 58.4 Å². The highest BCUT2D eigenvalue weighted by Crippen LogP contribution is 2.30. The van der Waals surface area contributed by atoms with E-state index in [1.165, 1.54) is 0 Å². The highest BCUT2D eigenvalue weighted by molar-refractivity contribution is 7.18. The molecule has 1 amide bonds. The summed E-state index contributed by atoms with van der Waals surface area (Å²) in [4.78, 5) is 36.3. The van der Waals surface area contributed by atoms with Crippen LogP contribution in [0.1, 0.15) is 54.9 Å². The fraction of sp³-hybridized carbons (Fsp3) is 0.650. The quantitative estimate of drug-likeness (QED) is 0.805. The van der Waals surface area contributed by atoms with Crippen LogP contribution in [0.5, 0.6) is 0 Å². The molecule has 0 saturated carbocycles. The lowest BCUT2D eigenvalue weighted by Crippen LogP contribution is -2.45. The van der Waals surface area contributed by atoms with E-state index in [9.17, 15) is 9.59 Å². The number of aromatic nitrogens is 2. The number of rotatable bonds is 4. The molecule has 1 aliphatic rings. The average molecular weight is 391 g/mol. The number of carbonyl (C=O) groups is 1. The van der Waals surface area contributed by atoms with Crippen molar-refractivity contribution in [1.82, 2.24) is 19.4 Å². The van der Waals surface area contributed by atoms with E-state index in [4.69, 9.17) is 4.98 Å². The van der Waals surface area contributed by atoms with Crippen molar-refractivity contribution in [3.05, 3.63) is 26.6 Å². The maximum atomic E-state index is 13.5. The molecule has 27 heavy (non-hydrogen) atoms. The summed E-state index contributed by atoms with van der Waals surface area (Å²) in [5.74, 6) is 1.13. The predicted octanol–water partition coefficient (Wildman–Crippen LogP) is 2.92. The van der Waals surface area contributed by atoms with Gasteiger partial charge in [0.1, 0.15) is 10.7 Å². The SMILES string of the molecule is Cc1sc2nc(C(C)C)n(C3CCCN(CC(=O)N(C)C)C3)c(=O)c2c1C. The first-order valence-electron chi connectivity index (χ1n) is 9.65. The van der Waals surface area contributed by atoms with Gasteiger partial charge in [-0.2, -0.15) is 0 Å². The Kier molecular flexibility index (Phi) is 5.72. The highest BCUT2D eigenvalue weighted by atomic mass is 32.1. The van der Waals surface area contributed by atoms with Gasteiger partial charge >= 0.3 is 0 Å². The number of piperidine rings is 1. The largest absolute Gasteiger partial charge is 0.348 e. The van der Waals surface area contributed by atoms with E-state index in [0.29, 0.717) is 13.1 Å². The third-order valence-electron chi connectivity index (χ3n) is 5.48. The Morgan fingerprint density at radius 1 is 1.33 bits per heavy atom. The minimum absolute atomic E-state index is 0.0649. The molecule has 0 spiro atoms. The van der Waals surface area contributed by atoms with Gasteiger partial charge in [-0.1, -0.05) is 13.8 Å². The van der Waals surface area contributed by atoms with Crippen LogP contribution in [0.25, 0.3) is 10.2 Å². The van der Waals surface area contributed by atoms with Gasteiger partial charge in [0.15, 0.2) is 0 Å². The molecule has 1 atom stereocenters. The molecule has 2 aromatic heterocycles. The molecule has 0 N–H and O–H groups in total. The van der Waals surface area contributed by atoms with Crippen molar-refractivity contribution in [2.45, 2.75) is 52.5 Å². The first-order valence-corrected chi connectivity index (χ1v) is 10.5. The average Bonchev–Trinajstić information content (AvgIpc) is 2.89. The van der Waals surface area contributed by atoms with E-state index >= 15 is 0 Å². The number of thiophene rings is 1. The van der Waals surface area contributed by atoms with Crippen molar-refractivity contribution in [3.8, 4) is 0 Å². The highest BCUT2D eigenvalue weighted by Gasteiger charge is 2.28. The van der Waals surface area contributed by atoms with Crippen molar-refractivity contribution >= 4 is 27.5 Å². The van der Waals surface area contributed by atoms with E-state index in [-0.39, 0.29) is 23.4 Å². The van der Waals surface area contributed by atoms with Gasteiger partial charge < -0.3 is 4.90 Å². The van der Waals surface area contributed by atoms with E-state index in [1.54, 1.807) is 30.3 Å². The fourth-order valence-electron chi connectivity index (χ4n) is 3.80. The minimum Gasteiger partial charge on any atom is -0.348 e. The minimum atomic E-state index is 0.0649. The Balaban J connectivity index is 2.03. The smallest absolute Gasteiger partial charge is 0.262 e. The van der Waals surface area contributed by atoms with Gasteiger partial charge in [0.05, 0.1) is 18.0 Å². The zero-order valence-corrected chi connectivity index (χ0v) is 18.0. The van der Waals surface area contributed by atoms with E-state index in [0.717, 1.165) is 45.9 Å². The lowest BCUT2D eigenvalue weighted by molar-refractivity contribution is -0.130. The Bertz CT molecular complexity index is 913. The van der Waals surface area contributed by atoms with E-state index in [2.05, 4.69) is 25.7 Å². The molecule has 3 rings (SSSR count). The molecule has 1 aliphatic heterocycles. The summed E-state index contributed by atoms with van der Waals surface area (Å²) in [6, 6.07) is 0.0649. The maximum absolute atomic E-state index is 13.5. The van der Waals surface area contributed by atoms with Crippen molar-refractivity contribution in [2.24, 2.45) is 0 Å². The zero-order chi connectivity index (χ0) is 19.9. The Morgan fingerprint density at radius 3 is 2.67 bits per heavy atom. The second-order valence-electron chi connectivity index (χ2n) is 8.08. The molecule has 0 aliphatic carbocycles. The molecule has 0 bridgehead atoms. The molecule has 148 valence electrons. The number of likely N-dealkylation sites (tertiary alicyclic amines) is 1. The van der Waals surface area contributed by atoms with Crippen LogP contribution < -0.4 is 5.56 Å². The van der Waals surface area contributed by atoms with Crippen LogP contribution in [-0.2, 0) is 4.79 Å². The van der Waals surface area contributed by atoms with Crippen molar-refractivity contribution in [2.75, 3.05) is 33.7 Å². The molecule has 7 heteroatoms. The summed E-state index contributed by atoms with van der Waals surface area (Å²) in [5.41, 5.74) is 1.13. The lowest BCUT2D eigenvalue weighted by Gasteiger charge is -2.35. The van der Waals surface area contributed by atoms with Crippen LogP contribution in [0.2, 0.25) is 0 Å². The lowest BCUT2D eigenvalue weighted by atomic mass is 10.0. The normalized spacial score (nSPS) is 18.4.